The number of hydrogen-bond donors (Lipinski definition) is 0. The zero-order chi connectivity index (χ0) is 17.2. The minimum Gasteiger partial charge on any atom is -0.335 e. The highest BCUT2D eigenvalue weighted by Crippen LogP contribution is 2.27. The van der Waals surface area contributed by atoms with Crippen LogP contribution in [0.2, 0.25) is 0 Å². The molecule has 0 aliphatic carbocycles. The number of benzene rings is 1. The Hall–Kier alpha value is -2.37. The molecule has 0 saturated heterocycles. The summed E-state index contributed by atoms with van der Waals surface area (Å²) in [5.41, 5.74) is 3.08. The smallest absolute Gasteiger partial charge is 0.270 e. The number of amides is 1. The molecule has 5 heteroatoms. The van der Waals surface area contributed by atoms with Gasteiger partial charge in [0, 0.05) is 18.5 Å². The molecule has 25 heavy (non-hydrogen) atoms. The molecule has 0 unspecified atom stereocenters. The van der Waals surface area contributed by atoms with E-state index in [1.807, 2.05) is 42.8 Å². The molecule has 0 radical (unpaired) electrons. The van der Waals surface area contributed by atoms with Crippen molar-refractivity contribution in [3.8, 4) is 0 Å². The number of nitrogens with zero attached hydrogens (tertiary/aromatic N) is 2. The number of aromatic nitrogens is 1. The molecule has 3 nitrogen and oxygen atoms in total. The van der Waals surface area contributed by atoms with Crippen LogP contribution >= 0.6 is 22.7 Å². The maximum atomic E-state index is 13.1. The van der Waals surface area contributed by atoms with E-state index in [-0.39, 0.29) is 5.91 Å². The van der Waals surface area contributed by atoms with Gasteiger partial charge >= 0.3 is 0 Å². The predicted molar refractivity (Wildman–Crippen MR) is 105 cm³/mol. The Morgan fingerprint density at radius 1 is 1.04 bits per heavy atom. The minimum absolute atomic E-state index is 0.0627. The number of rotatable bonds is 5. The fourth-order valence-electron chi connectivity index (χ4n) is 2.99. The van der Waals surface area contributed by atoms with Crippen LogP contribution in [0.15, 0.2) is 65.4 Å². The quantitative estimate of drug-likeness (QED) is 0.483. The predicted octanol–water partition coefficient (Wildman–Crippen LogP) is 5.08. The van der Waals surface area contributed by atoms with E-state index in [0.29, 0.717) is 13.1 Å². The maximum Gasteiger partial charge on any atom is 0.270 e. The van der Waals surface area contributed by atoms with Crippen LogP contribution in [0, 0.1) is 0 Å². The third kappa shape index (κ3) is 3.25. The highest BCUT2D eigenvalue weighted by molar-refractivity contribution is 7.17. The van der Waals surface area contributed by atoms with Crippen LogP contribution in [0.1, 0.15) is 20.9 Å². The summed E-state index contributed by atoms with van der Waals surface area (Å²) in [6.45, 7) is 1.34. The molecule has 0 fully saturated rings. The molecule has 3 aromatic heterocycles. The monoisotopic (exact) mass is 366 g/mol. The summed E-state index contributed by atoms with van der Waals surface area (Å²) in [4.78, 5) is 16.1. The van der Waals surface area contributed by atoms with Gasteiger partial charge in [0.05, 0.1) is 16.8 Å². The Morgan fingerprint density at radius 2 is 1.88 bits per heavy atom. The molecule has 0 bridgehead atoms. The molecule has 0 saturated carbocycles. The summed E-state index contributed by atoms with van der Waals surface area (Å²) in [6.07, 6.45) is 0. The topological polar surface area (TPSA) is 25.2 Å². The van der Waals surface area contributed by atoms with Crippen LogP contribution in [0.25, 0.3) is 10.2 Å². The lowest BCUT2D eigenvalue weighted by molar-refractivity contribution is 0.0777. The first-order chi connectivity index (χ1) is 12.2. The Kier molecular flexibility index (Phi) is 4.42. The molecular weight excluding hydrogens is 348 g/mol. The molecule has 126 valence electrons. The van der Waals surface area contributed by atoms with Crippen LogP contribution in [-0.2, 0) is 13.1 Å². The van der Waals surface area contributed by atoms with E-state index in [2.05, 4.69) is 34.2 Å². The number of fused-ring (bicyclic) bond motifs is 1. The van der Waals surface area contributed by atoms with Crippen LogP contribution in [0.5, 0.6) is 0 Å². The van der Waals surface area contributed by atoms with Crippen LogP contribution in [-0.4, -0.2) is 22.4 Å². The van der Waals surface area contributed by atoms with Gasteiger partial charge in [0.15, 0.2) is 0 Å². The normalized spacial score (nSPS) is 11.1. The van der Waals surface area contributed by atoms with Crippen molar-refractivity contribution in [2.45, 2.75) is 13.1 Å². The fraction of sp³-hybridized carbons (Fsp3) is 0.150. The number of carbonyl (C=O) groups excluding carboxylic acids is 1. The summed E-state index contributed by atoms with van der Waals surface area (Å²) >= 11 is 3.36. The van der Waals surface area contributed by atoms with E-state index < -0.39 is 0 Å². The van der Waals surface area contributed by atoms with E-state index in [1.54, 1.807) is 27.6 Å². The zero-order valence-electron chi connectivity index (χ0n) is 13.9. The van der Waals surface area contributed by atoms with E-state index in [4.69, 9.17) is 0 Å². The van der Waals surface area contributed by atoms with Gasteiger partial charge in [-0.25, -0.2) is 0 Å². The van der Waals surface area contributed by atoms with Crippen LogP contribution in [0.4, 0.5) is 0 Å². The standard InChI is InChI=1S/C20H18N2OS2/c1-21(14-16-8-5-10-24-16)20(23)18-12-19-17(9-11-25-19)22(18)13-15-6-3-2-4-7-15/h2-12H,13-14H2,1H3. The van der Waals surface area contributed by atoms with Crippen molar-refractivity contribution in [1.29, 1.82) is 0 Å². The molecular formula is C20H18N2OS2. The van der Waals surface area contributed by atoms with Crippen molar-refractivity contribution in [3.63, 3.8) is 0 Å². The Labute approximate surface area is 154 Å². The van der Waals surface area contributed by atoms with E-state index in [0.717, 1.165) is 15.9 Å². The third-order valence-corrected chi connectivity index (χ3v) is 5.96. The first-order valence-electron chi connectivity index (χ1n) is 8.11. The Morgan fingerprint density at radius 3 is 2.64 bits per heavy atom. The van der Waals surface area contributed by atoms with Gasteiger partial charge in [0.2, 0.25) is 0 Å². The SMILES string of the molecule is CN(Cc1cccs1)C(=O)c1cc2sccc2n1Cc1ccccc1. The molecule has 0 aliphatic heterocycles. The summed E-state index contributed by atoms with van der Waals surface area (Å²) in [5.74, 6) is 0.0627. The highest BCUT2D eigenvalue weighted by atomic mass is 32.1. The number of carbonyl (C=O) groups is 1. The van der Waals surface area contributed by atoms with Gasteiger partial charge in [-0.1, -0.05) is 36.4 Å². The van der Waals surface area contributed by atoms with Crippen molar-refractivity contribution in [3.05, 3.63) is 81.5 Å². The largest absolute Gasteiger partial charge is 0.335 e. The first kappa shape index (κ1) is 16.1. The molecule has 4 rings (SSSR count). The summed E-state index contributed by atoms with van der Waals surface area (Å²) in [7, 11) is 1.87. The second kappa shape index (κ2) is 6.86. The van der Waals surface area contributed by atoms with Gasteiger partial charge < -0.3 is 9.47 Å². The summed E-state index contributed by atoms with van der Waals surface area (Å²) in [5, 5.41) is 4.12. The van der Waals surface area contributed by atoms with E-state index in [9.17, 15) is 4.79 Å². The van der Waals surface area contributed by atoms with Gasteiger partial charge in [-0.2, -0.15) is 0 Å². The molecule has 1 amide bonds. The summed E-state index contributed by atoms with van der Waals surface area (Å²) in [6, 6.07) is 18.5. The minimum atomic E-state index is 0.0627. The molecule has 0 aliphatic rings. The van der Waals surface area contributed by atoms with Crippen LogP contribution < -0.4 is 0 Å². The second-order valence-electron chi connectivity index (χ2n) is 6.01. The molecule has 3 heterocycles. The lowest BCUT2D eigenvalue weighted by atomic mass is 10.2. The van der Waals surface area contributed by atoms with Crippen molar-refractivity contribution in [2.24, 2.45) is 0 Å². The Balaban J connectivity index is 1.67. The lowest BCUT2D eigenvalue weighted by Gasteiger charge is -2.18. The van der Waals surface area contributed by atoms with Gasteiger partial charge in [0.25, 0.3) is 5.91 Å². The average molecular weight is 367 g/mol. The molecule has 0 N–H and O–H groups in total. The molecule has 1 aromatic carbocycles. The number of hydrogen-bond acceptors (Lipinski definition) is 3. The molecule has 4 aromatic rings. The average Bonchev–Trinajstić information content (AvgIpc) is 3.34. The first-order valence-corrected chi connectivity index (χ1v) is 9.87. The van der Waals surface area contributed by atoms with Gasteiger partial charge in [-0.15, -0.1) is 22.7 Å². The number of thiophene rings is 2. The van der Waals surface area contributed by atoms with E-state index in [1.165, 1.54) is 10.4 Å². The van der Waals surface area contributed by atoms with Crippen molar-refractivity contribution in [2.75, 3.05) is 7.05 Å². The maximum absolute atomic E-state index is 13.1. The van der Waals surface area contributed by atoms with Crippen LogP contribution in [0.3, 0.4) is 0 Å². The van der Waals surface area contributed by atoms with E-state index >= 15 is 0 Å². The molecule has 0 spiro atoms. The van der Waals surface area contributed by atoms with Gasteiger partial charge in [0.1, 0.15) is 5.69 Å². The summed E-state index contributed by atoms with van der Waals surface area (Å²) < 4.78 is 3.29. The zero-order valence-corrected chi connectivity index (χ0v) is 15.5. The fourth-order valence-corrected chi connectivity index (χ4v) is 4.57. The van der Waals surface area contributed by atoms with Gasteiger partial charge in [-0.3, -0.25) is 4.79 Å². The van der Waals surface area contributed by atoms with Crippen molar-refractivity contribution in [1.82, 2.24) is 9.47 Å². The van der Waals surface area contributed by atoms with Crippen molar-refractivity contribution >= 4 is 38.8 Å². The third-order valence-electron chi connectivity index (χ3n) is 4.25. The van der Waals surface area contributed by atoms with Crippen molar-refractivity contribution < 1.29 is 4.79 Å². The second-order valence-corrected chi connectivity index (χ2v) is 7.99. The van der Waals surface area contributed by atoms with Gasteiger partial charge in [-0.05, 0) is 34.5 Å². The lowest BCUT2D eigenvalue weighted by Crippen LogP contribution is -2.28. The Bertz CT molecular complexity index is 983. The molecule has 0 atom stereocenters. The highest BCUT2D eigenvalue weighted by Gasteiger charge is 2.20.